The van der Waals surface area contributed by atoms with Crippen molar-refractivity contribution in [1.82, 2.24) is 0 Å². The minimum absolute atomic E-state index is 0.0171. The molecular weight excluding hydrogens is 208 g/mol. The fourth-order valence-corrected chi connectivity index (χ4v) is 1.34. The van der Waals surface area contributed by atoms with Crippen molar-refractivity contribution in [2.24, 2.45) is 0 Å². The average Bonchev–Trinajstić information content (AvgIpc) is 2.17. The number of rotatable bonds is 3. The van der Waals surface area contributed by atoms with E-state index in [1.54, 1.807) is 12.1 Å². The first kappa shape index (κ1) is 12.2. The van der Waals surface area contributed by atoms with E-state index in [-0.39, 0.29) is 11.2 Å². The molecule has 0 saturated heterocycles. The summed E-state index contributed by atoms with van der Waals surface area (Å²) in [5, 5.41) is 10.5. The Hall–Kier alpha value is -1.91. The molecule has 0 atom stereocenters. The summed E-state index contributed by atoms with van der Waals surface area (Å²) in [6, 6.07) is 5.91. The maximum atomic E-state index is 11.0. The van der Waals surface area contributed by atoms with Crippen molar-refractivity contribution >= 4 is 17.8 Å². The molecule has 0 heterocycles. The molecule has 86 valence electrons. The minimum atomic E-state index is -0.466. The third-order valence-corrected chi connectivity index (χ3v) is 2.17. The lowest BCUT2D eigenvalue weighted by molar-refractivity contribution is -0.384. The number of nitro benzene ring substituents is 1. The van der Waals surface area contributed by atoms with Gasteiger partial charge in [0.1, 0.15) is 0 Å². The predicted octanol–water partition coefficient (Wildman–Crippen LogP) is 2.36. The largest absolute Gasteiger partial charge is 0.310 e. The molecule has 1 aromatic rings. The molecule has 1 amide bonds. The zero-order valence-electron chi connectivity index (χ0n) is 9.51. The van der Waals surface area contributed by atoms with E-state index < -0.39 is 4.92 Å². The zero-order chi connectivity index (χ0) is 12.3. The van der Waals surface area contributed by atoms with Crippen molar-refractivity contribution in [3.8, 4) is 0 Å². The highest BCUT2D eigenvalue weighted by atomic mass is 16.6. The number of carbonyl (C=O) groups is 1. The number of carbonyl (C=O) groups excluding carboxylic acids is 1. The maximum absolute atomic E-state index is 11.0. The van der Waals surface area contributed by atoms with Crippen molar-refractivity contribution in [3.05, 3.63) is 34.4 Å². The van der Waals surface area contributed by atoms with Gasteiger partial charge in [0.15, 0.2) is 0 Å². The lowest BCUT2D eigenvalue weighted by Crippen LogP contribution is -2.40. The first-order valence-corrected chi connectivity index (χ1v) is 4.85. The summed E-state index contributed by atoms with van der Waals surface area (Å²) in [7, 11) is 0. The van der Waals surface area contributed by atoms with Crippen LogP contribution in [-0.2, 0) is 4.79 Å². The van der Waals surface area contributed by atoms with Gasteiger partial charge in [-0.2, -0.15) is 0 Å². The van der Waals surface area contributed by atoms with Crippen molar-refractivity contribution in [2.45, 2.75) is 26.3 Å². The Balaban J connectivity index is 3.05. The second kappa shape index (κ2) is 4.30. The molecule has 1 rings (SSSR count). The fraction of sp³-hybridized carbons (Fsp3) is 0.364. The molecule has 1 aromatic carbocycles. The summed E-state index contributed by atoms with van der Waals surface area (Å²) < 4.78 is 0. The summed E-state index contributed by atoms with van der Waals surface area (Å²) in [6.07, 6.45) is 0.723. The highest BCUT2D eigenvalue weighted by Gasteiger charge is 2.21. The van der Waals surface area contributed by atoms with Gasteiger partial charge in [0, 0.05) is 23.4 Å². The van der Waals surface area contributed by atoms with Gasteiger partial charge in [0.25, 0.3) is 5.69 Å². The van der Waals surface area contributed by atoms with E-state index >= 15 is 0 Å². The number of non-ortho nitro benzene ring substituents is 1. The summed E-state index contributed by atoms with van der Waals surface area (Å²) in [5.41, 5.74) is 0.314. The van der Waals surface area contributed by atoms with Crippen LogP contribution in [0.15, 0.2) is 24.3 Å². The molecule has 16 heavy (non-hydrogen) atoms. The van der Waals surface area contributed by atoms with Gasteiger partial charge in [-0.1, -0.05) is 0 Å². The van der Waals surface area contributed by atoms with Crippen LogP contribution in [0, 0.1) is 10.1 Å². The van der Waals surface area contributed by atoms with Crippen LogP contribution < -0.4 is 4.90 Å². The number of nitro groups is 1. The highest BCUT2D eigenvalue weighted by Crippen LogP contribution is 2.24. The molecule has 0 aliphatic heterocycles. The van der Waals surface area contributed by atoms with Crippen LogP contribution in [0.5, 0.6) is 0 Å². The second-order valence-electron chi connectivity index (χ2n) is 4.42. The SMILES string of the molecule is CC(C)(C)N(C=O)c1ccc([N+](=O)[O-])cc1. The van der Waals surface area contributed by atoms with Crippen molar-refractivity contribution in [1.29, 1.82) is 0 Å². The number of hydrogen-bond acceptors (Lipinski definition) is 3. The van der Waals surface area contributed by atoms with Crippen molar-refractivity contribution in [3.63, 3.8) is 0 Å². The summed E-state index contributed by atoms with van der Waals surface area (Å²) in [4.78, 5) is 22.5. The normalized spacial score (nSPS) is 10.9. The van der Waals surface area contributed by atoms with Gasteiger partial charge in [-0.3, -0.25) is 14.9 Å². The molecule has 5 heteroatoms. The van der Waals surface area contributed by atoms with Gasteiger partial charge in [-0.05, 0) is 32.9 Å². The highest BCUT2D eigenvalue weighted by molar-refractivity contribution is 5.77. The predicted molar refractivity (Wildman–Crippen MR) is 61.4 cm³/mol. The Bertz CT molecular complexity index is 393. The fourth-order valence-electron chi connectivity index (χ4n) is 1.34. The lowest BCUT2D eigenvalue weighted by atomic mass is 10.1. The van der Waals surface area contributed by atoms with E-state index in [0.29, 0.717) is 5.69 Å². The van der Waals surface area contributed by atoms with Crippen LogP contribution >= 0.6 is 0 Å². The molecule has 0 fully saturated rings. The first-order valence-electron chi connectivity index (χ1n) is 4.85. The molecular formula is C11H14N2O3. The van der Waals surface area contributed by atoms with Gasteiger partial charge in [0.2, 0.25) is 6.41 Å². The van der Waals surface area contributed by atoms with Crippen LogP contribution in [-0.4, -0.2) is 16.9 Å². The van der Waals surface area contributed by atoms with Gasteiger partial charge >= 0.3 is 0 Å². The Morgan fingerprint density at radius 2 is 1.75 bits per heavy atom. The Morgan fingerprint density at radius 3 is 2.06 bits per heavy atom. The summed E-state index contributed by atoms with van der Waals surface area (Å²) >= 11 is 0. The van der Waals surface area contributed by atoms with E-state index in [2.05, 4.69) is 0 Å². The van der Waals surface area contributed by atoms with E-state index in [4.69, 9.17) is 0 Å². The van der Waals surface area contributed by atoms with E-state index in [0.717, 1.165) is 6.41 Å². The molecule has 0 N–H and O–H groups in total. The van der Waals surface area contributed by atoms with Gasteiger partial charge in [-0.25, -0.2) is 0 Å². The summed E-state index contributed by atoms with van der Waals surface area (Å²) in [5.74, 6) is 0. The van der Waals surface area contributed by atoms with E-state index in [1.165, 1.54) is 17.0 Å². The van der Waals surface area contributed by atoms with Gasteiger partial charge in [0.05, 0.1) is 4.92 Å². The molecule has 0 spiro atoms. The molecule has 0 aliphatic carbocycles. The third-order valence-electron chi connectivity index (χ3n) is 2.17. The standard InChI is InChI=1S/C11H14N2O3/c1-11(2,3)12(8-14)9-4-6-10(7-5-9)13(15)16/h4-8H,1-3H3. The number of amides is 1. The Morgan fingerprint density at radius 1 is 1.25 bits per heavy atom. The van der Waals surface area contributed by atoms with Crippen LogP contribution in [0.3, 0.4) is 0 Å². The lowest BCUT2D eigenvalue weighted by Gasteiger charge is -2.32. The number of nitrogens with zero attached hydrogens (tertiary/aromatic N) is 2. The first-order chi connectivity index (χ1) is 7.36. The molecule has 0 aliphatic rings. The molecule has 0 unspecified atom stereocenters. The second-order valence-corrected chi connectivity index (χ2v) is 4.42. The topological polar surface area (TPSA) is 63.5 Å². The van der Waals surface area contributed by atoms with Crippen LogP contribution in [0.4, 0.5) is 11.4 Å². The molecule has 0 radical (unpaired) electrons. The minimum Gasteiger partial charge on any atom is -0.310 e. The Labute approximate surface area is 93.8 Å². The molecule has 0 bridgehead atoms. The summed E-state index contributed by atoms with van der Waals surface area (Å²) in [6.45, 7) is 5.68. The Kier molecular flexibility index (Phi) is 3.27. The molecule has 5 nitrogen and oxygen atoms in total. The number of hydrogen-bond donors (Lipinski definition) is 0. The average molecular weight is 222 g/mol. The van der Waals surface area contributed by atoms with Crippen LogP contribution in [0.2, 0.25) is 0 Å². The maximum Gasteiger partial charge on any atom is 0.269 e. The number of benzene rings is 1. The van der Waals surface area contributed by atoms with Crippen molar-refractivity contribution in [2.75, 3.05) is 4.90 Å². The van der Waals surface area contributed by atoms with Crippen LogP contribution in [0.25, 0.3) is 0 Å². The molecule has 0 saturated carbocycles. The smallest absolute Gasteiger partial charge is 0.269 e. The monoisotopic (exact) mass is 222 g/mol. The zero-order valence-corrected chi connectivity index (χ0v) is 9.51. The third kappa shape index (κ3) is 2.56. The van der Waals surface area contributed by atoms with Gasteiger partial charge in [-0.15, -0.1) is 0 Å². The number of anilines is 1. The van der Waals surface area contributed by atoms with E-state index in [1.807, 2.05) is 20.8 Å². The van der Waals surface area contributed by atoms with Crippen molar-refractivity contribution < 1.29 is 9.72 Å². The van der Waals surface area contributed by atoms with Crippen LogP contribution in [0.1, 0.15) is 20.8 Å². The van der Waals surface area contributed by atoms with Gasteiger partial charge < -0.3 is 4.90 Å². The quantitative estimate of drug-likeness (QED) is 0.448. The van der Waals surface area contributed by atoms with E-state index in [9.17, 15) is 14.9 Å². The molecule has 0 aromatic heterocycles.